The Morgan fingerprint density at radius 3 is 2.74 bits per heavy atom. The molecule has 0 aromatic heterocycles. The Balaban J connectivity index is 1.87. The van der Waals surface area contributed by atoms with Gasteiger partial charge in [-0.2, -0.15) is 5.48 Å². The van der Waals surface area contributed by atoms with E-state index in [0.717, 1.165) is 5.56 Å². The lowest BCUT2D eigenvalue weighted by molar-refractivity contribution is -0.00936. The lowest BCUT2D eigenvalue weighted by atomic mass is 9.96. The van der Waals surface area contributed by atoms with Crippen molar-refractivity contribution >= 4 is 0 Å². The second-order valence-corrected chi connectivity index (χ2v) is 5.45. The molecule has 4 unspecified atom stereocenters. The quantitative estimate of drug-likeness (QED) is 0.434. The maximum atomic E-state index is 14.1. The Bertz CT molecular complexity index is 536. The SMILES string of the molecule is CNC(O)NC1=CC=CC(F)C1CONC(C)c1ccccc1. The molecule has 126 valence electrons. The molecule has 0 bridgehead atoms. The zero-order valence-corrected chi connectivity index (χ0v) is 13.4. The van der Waals surface area contributed by atoms with Crippen LogP contribution in [0, 0.1) is 5.92 Å². The van der Waals surface area contributed by atoms with E-state index in [9.17, 15) is 9.50 Å². The van der Waals surface area contributed by atoms with Gasteiger partial charge in [-0.1, -0.05) is 36.4 Å². The molecule has 4 N–H and O–H groups in total. The number of allylic oxidation sites excluding steroid dienone is 3. The van der Waals surface area contributed by atoms with Crippen molar-refractivity contribution in [2.24, 2.45) is 5.92 Å². The second-order valence-electron chi connectivity index (χ2n) is 5.45. The molecule has 0 amide bonds. The molecule has 0 saturated carbocycles. The van der Waals surface area contributed by atoms with Crippen LogP contribution in [0.3, 0.4) is 0 Å². The van der Waals surface area contributed by atoms with E-state index in [-0.39, 0.29) is 12.6 Å². The van der Waals surface area contributed by atoms with Gasteiger partial charge in [-0.05, 0) is 31.7 Å². The molecule has 23 heavy (non-hydrogen) atoms. The number of halogens is 1. The van der Waals surface area contributed by atoms with E-state index in [1.165, 1.54) is 6.08 Å². The molecule has 0 heterocycles. The van der Waals surface area contributed by atoms with Crippen LogP contribution in [-0.4, -0.2) is 31.3 Å². The summed E-state index contributed by atoms with van der Waals surface area (Å²) in [5, 5.41) is 15.1. The third kappa shape index (κ3) is 5.14. The number of alkyl halides is 1. The number of aliphatic hydroxyl groups is 1. The average Bonchev–Trinajstić information content (AvgIpc) is 2.57. The van der Waals surface area contributed by atoms with Crippen LogP contribution in [0.15, 0.2) is 54.3 Å². The largest absolute Gasteiger partial charge is 0.361 e. The molecule has 2 rings (SSSR count). The molecular weight excluding hydrogens is 297 g/mol. The van der Waals surface area contributed by atoms with E-state index >= 15 is 0 Å². The predicted molar refractivity (Wildman–Crippen MR) is 87.8 cm³/mol. The van der Waals surface area contributed by atoms with Crippen LogP contribution in [0.25, 0.3) is 0 Å². The fourth-order valence-corrected chi connectivity index (χ4v) is 2.33. The molecule has 0 aliphatic heterocycles. The van der Waals surface area contributed by atoms with Crippen molar-refractivity contribution in [3.05, 3.63) is 59.8 Å². The van der Waals surface area contributed by atoms with Gasteiger partial charge < -0.3 is 15.3 Å². The Hall–Kier alpha value is -1.73. The Morgan fingerprint density at radius 1 is 1.30 bits per heavy atom. The van der Waals surface area contributed by atoms with Crippen molar-refractivity contribution in [1.82, 2.24) is 16.1 Å². The minimum Gasteiger partial charge on any atom is -0.361 e. The summed E-state index contributed by atoms with van der Waals surface area (Å²) in [4.78, 5) is 5.50. The first-order valence-corrected chi connectivity index (χ1v) is 7.68. The third-order valence-electron chi connectivity index (χ3n) is 3.75. The first kappa shape index (κ1) is 17.6. The molecule has 0 saturated heterocycles. The van der Waals surface area contributed by atoms with Gasteiger partial charge in [0.25, 0.3) is 0 Å². The minimum absolute atomic E-state index is 0.00307. The monoisotopic (exact) mass is 321 g/mol. The highest BCUT2D eigenvalue weighted by Crippen LogP contribution is 2.22. The molecule has 1 aromatic carbocycles. The van der Waals surface area contributed by atoms with E-state index in [4.69, 9.17) is 4.84 Å². The van der Waals surface area contributed by atoms with Gasteiger partial charge in [-0.3, -0.25) is 5.32 Å². The minimum atomic E-state index is -1.17. The summed E-state index contributed by atoms with van der Waals surface area (Å²) in [6, 6.07) is 9.87. The van der Waals surface area contributed by atoms with Crippen LogP contribution in [0.1, 0.15) is 18.5 Å². The topological polar surface area (TPSA) is 65.5 Å². The molecule has 1 aromatic rings. The highest BCUT2D eigenvalue weighted by atomic mass is 19.1. The summed E-state index contributed by atoms with van der Waals surface area (Å²) in [6.07, 6.45) is 2.75. The normalized spacial score (nSPS) is 23.2. The summed E-state index contributed by atoms with van der Waals surface area (Å²) in [6.45, 7) is 2.13. The molecule has 6 heteroatoms. The smallest absolute Gasteiger partial charge is 0.181 e. The van der Waals surface area contributed by atoms with Crippen molar-refractivity contribution in [2.45, 2.75) is 25.5 Å². The lowest BCUT2D eigenvalue weighted by Crippen LogP contribution is -2.43. The molecular formula is C17H24FN3O2. The second kappa shape index (κ2) is 8.79. The number of aliphatic hydroxyl groups excluding tert-OH is 1. The van der Waals surface area contributed by atoms with Gasteiger partial charge in [0.05, 0.1) is 18.6 Å². The third-order valence-corrected chi connectivity index (χ3v) is 3.75. The molecule has 5 nitrogen and oxygen atoms in total. The Morgan fingerprint density at radius 2 is 2.04 bits per heavy atom. The van der Waals surface area contributed by atoms with Crippen LogP contribution in [-0.2, 0) is 4.84 Å². The molecule has 0 radical (unpaired) electrons. The van der Waals surface area contributed by atoms with E-state index in [1.54, 1.807) is 19.2 Å². The molecule has 4 atom stereocenters. The van der Waals surface area contributed by atoms with Crippen LogP contribution in [0.2, 0.25) is 0 Å². The summed E-state index contributed by atoms with van der Waals surface area (Å²) in [7, 11) is 1.61. The van der Waals surface area contributed by atoms with Gasteiger partial charge in [0.15, 0.2) is 6.35 Å². The van der Waals surface area contributed by atoms with E-state index in [2.05, 4.69) is 16.1 Å². The van der Waals surface area contributed by atoms with Crippen LogP contribution in [0.5, 0.6) is 0 Å². The van der Waals surface area contributed by atoms with Crippen LogP contribution in [0.4, 0.5) is 4.39 Å². The lowest BCUT2D eigenvalue weighted by Gasteiger charge is -2.28. The van der Waals surface area contributed by atoms with E-state index in [0.29, 0.717) is 5.70 Å². The zero-order valence-electron chi connectivity index (χ0n) is 13.4. The van der Waals surface area contributed by atoms with Gasteiger partial charge in [0.2, 0.25) is 0 Å². The van der Waals surface area contributed by atoms with Crippen molar-refractivity contribution in [3.63, 3.8) is 0 Å². The van der Waals surface area contributed by atoms with E-state index in [1.807, 2.05) is 37.3 Å². The number of nitrogens with one attached hydrogen (secondary N) is 3. The van der Waals surface area contributed by atoms with Crippen molar-refractivity contribution in [3.8, 4) is 0 Å². The van der Waals surface area contributed by atoms with Gasteiger partial charge >= 0.3 is 0 Å². The van der Waals surface area contributed by atoms with Crippen molar-refractivity contribution < 1.29 is 14.3 Å². The highest BCUT2D eigenvalue weighted by Gasteiger charge is 2.27. The zero-order chi connectivity index (χ0) is 16.7. The summed E-state index contributed by atoms with van der Waals surface area (Å²) in [5.74, 6) is -0.501. The number of hydrogen-bond donors (Lipinski definition) is 4. The number of hydroxylamine groups is 1. The van der Waals surface area contributed by atoms with Gasteiger partial charge in [-0.25, -0.2) is 4.39 Å². The Labute approximate surface area is 136 Å². The van der Waals surface area contributed by atoms with Crippen molar-refractivity contribution in [2.75, 3.05) is 13.7 Å². The first-order valence-electron chi connectivity index (χ1n) is 7.68. The maximum absolute atomic E-state index is 14.1. The summed E-state index contributed by atoms with van der Waals surface area (Å²) >= 11 is 0. The van der Waals surface area contributed by atoms with Crippen molar-refractivity contribution in [1.29, 1.82) is 0 Å². The summed E-state index contributed by atoms with van der Waals surface area (Å²) < 4.78 is 14.1. The Kier molecular flexibility index (Phi) is 6.73. The maximum Gasteiger partial charge on any atom is 0.181 e. The van der Waals surface area contributed by atoms with Crippen LogP contribution < -0.4 is 16.1 Å². The standard InChI is InChI=1S/C17H24FN3O2/c1-12(13-7-4-3-5-8-13)21-23-11-14-15(18)9-6-10-16(14)20-17(22)19-2/h3-10,12,14-15,17,19-22H,11H2,1-2H3. The molecule has 0 fully saturated rings. The number of rotatable bonds is 8. The van der Waals surface area contributed by atoms with Gasteiger partial charge in [0.1, 0.15) is 6.17 Å². The van der Waals surface area contributed by atoms with Crippen LogP contribution >= 0.6 is 0 Å². The molecule has 0 spiro atoms. The van der Waals surface area contributed by atoms with Gasteiger partial charge in [-0.15, -0.1) is 0 Å². The first-order chi connectivity index (χ1) is 11.1. The average molecular weight is 321 g/mol. The predicted octanol–water partition coefficient (Wildman–Crippen LogP) is 1.76. The number of hydrogen-bond acceptors (Lipinski definition) is 5. The molecule has 1 aliphatic rings. The highest BCUT2D eigenvalue weighted by molar-refractivity contribution is 5.23. The fraction of sp³-hybridized carbons (Fsp3) is 0.412. The van der Waals surface area contributed by atoms with E-state index < -0.39 is 18.4 Å². The fourth-order valence-electron chi connectivity index (χ4n) is 2.33. The number of benzene rings is 1. The summed E-state index contributed by atoms with van der Waals surface area (Å²) in [5.41, 5.74) is 4.61. The molecule has 1 aliphatic carbocycles. The van der Waals surface area contributed by atoms with Gasteiger partial charge in [0, 0.05) is 5.70 Å².